The van der Waals surface area contributed by atoms with Gasteiger partial charge < -0.3 is 20.1 Å². The number of rotatable bonds is 7. The fourth-order valence-corrected chi connectivity index (χ4v) is 1.99. The van der Waals surface area contributed by atoms with E-state index in [0.29, 0.717) is 18.0 Å². The third-order valence-electron chi connectivity index (χ3n) is 3.17. The van der Waals surface area contributed by atoms with Gasteiger partial charge in [0.15, 0.2) is 11.5 Å². The lowest BCUT2D eigenvalue weighted by molar-refractivity contribution is -0.119. The first kappa shape index (κ1) is 15.7. The van der Waals surface area contributed by atoms with Crippen LogP contribution in [-0.4, -0.2) is 26.7 Å². The molecule has 0 saturated carbocycles. The normalized spacial score (nSPS) is 9.91. The van der Waals surface area contributed by atoms with E-state index in [0.717, 1.165) is 11.3 Å². The Kier molecular flexibility index (Phi) is 5.65. The van der Waals surface area contributed by atoms with E-state index in [-0.39, 0.29) is 12.5 Å². The zero-order valence-corrected chi connectivity index (χ0v) is 12.8. The van der Waals surface area contributed by atoms with E-state index >= 15 is 0 Å². The van der Waals surface area contributed by atoms with Gasteiger partial charge in [0.05, 0.1) is 20.8 Å². The molecule has 0 saturated heterocycles. The smallest absolute Gasteiger partial charge is 0.239 e. The Hall–Kier alpha value is -2.69. The van der Waals surface area contributed by atoms with Crippen LogP contribution in [0.25, 0.3) is 0 Å². The maximum atomic E-state index is 11.8. The first-order valence-corrected chi connectivity index (χ1v) is 6.99. The highest BCUT2D eigenvalue weighted by Gasteiger charge is 2.06. The Morgan fingerprint density at radius 1 is 1.00 bits per heavy atom. The quantitative estimate of drug-likeness (QED) is 0.824. The van der Waals surface area contributed by atoms with E-state index in [1.165, 1.54) is 0 Å². The number of anilines is 1. The number of benzene rings is 2. The van der Waals surface area contributed by atoms with E-state index in [1.54, 1.807) is 26.4 Å². The van der Waals surface area contributed by atoms with Crippen LogP contribution in [0.5, 0.6) is 11.5 Å². The Balaban J connectivity index is 1.83. The van der Waals surface area contributed by atoms with E-state index in [4.69, 9.17) is 9.47 Å². The molecule has 0 spiro atoms. The van der Waals surface area contributed by atoms with Gasteiger partial charge in [0.25, 0.3) is 0 Å². The van der Waals surface area contributed by atoms with Crippen molar-refractivity contribution in [3.05, 3.63) is 54.1 Å². The Morgan fingerprint density at radius 3 is 2.41 bits per heavy atom. The molecule has 0 bridgehead atoms. The van der Waals surface area contributed by atoms with Gasteiger partial charge in [0.1, 0.15) is 0 Å². The summed E-state index contributed by atoms with van der Waals surface area (Å²) in [5.41, 5.74) is 1.87. The summed E-state index contributed by atoms with van der Waals surface area (Å²) in [6.07, 6.45) is 0. The molecule has 2 aromatic carbocycles. The van der Waals surface area contributed by atoms with E-state index in [9.17, 15) is 4.79 Å². The van der Waals surface area contributed by atoms with Crippen molar-refractivity contribution in [2.24, 2.45) is 0 Å². The molecule has 0 aliphatic rings. The first-order valence-electron chi connectivity index (χ1n) is 6.99. The number of carbonyl (C=O) groups excluding carboxylic acids is 1. The number of nitrogens with one attached hydrogen (secondary N) is 2. The standard InChI is InChI=1S/C17H20N2O3/c1-21-15-9-8-14(10-16(15)22-2)18-12-17(20)19-11-13-6-4-3-5-7-13/h3-10,18H,11-12H2,1-2H3,(H,19,20). The number of carbonyl (C=O) groups is 1. The minimum Gasteiger partial charge on any atom is -0.493 e. The lowest BCUT2D eigenvalue weighted by Crippen LogP contribution is -2.29. The number of amides is 1. The van der Waals surface area contributed by atoms with Crippen molar-refractivity contribution < 1.29 is 14.3 Å². The highest BCUT2D eigenvalue weighted by molar-refractivity contribution is 5.80. The summed E-state index contributed by atoms with van der Waals surface area (Å²) >= 11 is 0. The summed E-state index contributed by atoms with van der Waals surface area (Å²) in [7, 11) is 3.16. The maximum Gasteiger partial charge on any atom is 0.239 e. The topological polar surface area (TPSA) is 59.6 Å². The Morgan fingerprint density at radius 2 is 1.73 bits per heavy atom. The fourth-order valence-electron chi connectivity index (χ4n) is 1.99. The van der Waals surface area contributed by atoms with Gasteiger partial charge in [0, 0.05) is 18.3 Å². The van der Waals surface area contributed by atoms with Gasteiger partial charge in [-0.1, -0.05) is 30.3 Å². The van der Waals surface area contributed by atoms with Crippen LogP contribution in [-0.2, 0) is 11.3 Å². The summed E-state index contributed by atoms with van der Waals surface area (Å²) in [5, 5.41) is 5.92. The fraction of sp³-hybridized carbons (Fsp3) is 0.235. The molecular formula is C17H20N2O3. The van der Waals surface area contributed by atoms with E-state index < -0.39 is 0 Å². The predicted molar refractivity (Wildman–Crippen MR) is 86.3 cm³/mol. The molecule has 0 fully saturated rings. The average Bonchev–Trinajstić information content (AvgIpc) is 2.58. The molecule has 5 nitrogen and oxygen atoms in total. The molecule has 116 valence electrons. The zero-order valence-electron chi connectivity index (χ0n) is 12.8. The molecule has 0 aliphatic carbocycles. The van der Waals surface area contributed by atoms with Gasteiger partial charge in [-0.15, -0.1) is 0 Å². The van der Waals surface area contributed by atoms with Crippen LogP contribution < -0.4 is 20.1 Å². The highest BCUT2D eigenvalue weighted by Crippen LogP contribution is 2.29. The minimum absolute atomic E-state index is 0.0707. The third kappa shape index (κ3) is 4.41. The summed E-state index contributed by atoms with van der Waals surface area (Å²) in [4.78, 5) is 11.8. The van der Waals surface area contributed by atoms with E-state index in [2.05, 4.69) is 10.6 Å². The van der Waals surface area contributed by atoms with Crippen LogP contribution in [0.2, 0.25) is 0 Å². The summed E-state index contributed by atoms with van der Waals surface area (Å²) in [5.74, 6) is 1.21. The van der Waals surface area contributed by atoms with Gasteiger partial charge in [-0.2, -0.15) is 0 Å². The summed E-state index contributed by atoms with van der Waals surface area (Å²) < 4.78 is 10.4. The van der Waals surface area contributed by atoms with Crippen LogP contribution >= 0.6 is 0 Å². The van der Waals surface area contributed by atoms with Crippen LogP contribution in [0.3, 0.4) is 0 Å². The number of methoxy groups -OCH3 is 2. The monoisotopic (exact) mass is 300 g/mol. The van der Waals surface area contributed by atoms with Gasteiger partial charge >= 0.3 is 0 Å². The molecule has 0 aliphatic heterocycles. The molecule has 0 aromatic heterocycles. The second-order valence-electron chi connectivity index (χ2n) is 4.69. The lowest BCUT2D eigenvalue weighted by atomic mass is 10.2. The molecule has 2 N–H and O–H groups in total. The second-order valence-corrected chi connectivity index (χ2v) is 4.69. The molecule has 1 amide bonds. The largest absolute Gasteiger partial charge is 0.493 e. The van der Waals surface area contributed by atoms with Crippen LogP contribution in [0.4, 0.5) is 5.69 Å². The van der Waals surface area contributed by atoms with Crippen molar-refractivity contribution >= 4 is 11.6 Å². The Bertz CT molecular complexity index is 615. The molecule has 0 radical (unpaired) electrons. The summed E-state index contributed by atoms with van der Waals surface area (Å²) in [6, 6.07) is 15.2. The van der Waals surface area contributed by atoms with Crippen molar-refractivity contribution in [1.29, 1.82) is 0 Å². The average molecular weight is 300 g/mol. The van der Waals surface area contributed by atoms with Crippen molar-refractivity contribution in [3.63, 3.8) is 0 Å². The Labute approximate surface area is 130 Å². The second kappa shape index (κ2) is 7.93. The van der Waals surface area contributed by atoms with Crippen LogP contribution in [0.1, 0.15) is 5.56 Å². The van der Waals surface area contributed by atoms with Crippen molar-refractivity contribution in [1.82, 2.24) is 5.32 Å². The molecule has 5 heteroatoms. The van der Waals surface area contributed by atoms with Gasteiger partial charge in [0.2, 0.25) is 5.91 Å². The molecule has 0 heterocycles. The van der Waals surface area contributed by atoms with Gasteiger partial charge in [-0.25, -0.2) is 0 Å². The van der Waals surface area contributed by atoms with Crippen molar-refractivity contribution in [2.45, 2.75) is 6.54 Å². The molecular weight excluding hydrogens is 280 g/mol. The van der Waals surface area contributed by atoms with Crippen LogP contribution in [0.15, 0.2) is 48.5 Å². The van der Waals surface area contributed by atoms with E-state index in [1.807, 2.05) is 36.4 Å². The molecule has 2 aromatic rings. The van der Waals surface area contributed by atoms with Gasteiger partial charge in [-0.3, -0.25) is 4.79 Å². The zero-order chi connectivity index (χ0) is 15.8. The number of hydrogen-bond donors (Lipinski definition) is 2. The number of hydrogen-bond acceptors (Lipinski definition) is 4. The summed E-state index contributed by atoms with van der Waals surface area (Å²) in [6.45, 7) is 0.718. The minimum atomic E-state index is -0.0707. The third-order valence-corrected chi connectivity index (χ3v) is 3.17. The SMILES string of the molecule is COc1ccc(NCC(=O)NCc2ccccc2)cc1OC. The lowest BCUT2D eigenvalue weighted by Gasteiger charge is -2.11. The first-order chi connectivity index (χ1) is 10.7. The van der Waals surface area contributed by atoms with Crippen molar-refractivity contribution in [3.8, 4) is 11.5 Å². The molecule has 0 atom stereocenters. The van der Waals surface area contributed by atoms with Gasteiger partial charge in [-0.05, 0) is 17.7 Å². The number of ether oxygens (including phenoxy) is 2. The maximum absolute atomic E-state index is 11.8. The molecule has 22 heavy (non-hydrogen) atoms. The van der Waals surface area contributed by atoms with Crippen molar-refractivity contribution in [2.75, 3.05) is 26.1 Å². The highest BCUT2D eigenvalue weighted by atomic mass is 16.5. The molecule has 0 unspecified atom stereocenters. The predicted octanol–water partition coefficient (Wildman–Crippen LogP) is 2.43. The van der Waals surface area contributed by atoms with Crippen LogP contribution in [0, 0.1) is 0 Å². The molecule has 2 rings (SSSR count).